The second kappa shape index (κ2) is 17.1. The maximum Gasteiger partial charge on any atom is 0.431 e. The minimum absolute atomic E-state index is 0.0391. The number of hydroxylamine groups is 1. The maximum absolute atomic E-state index is 11.4. The number of ether oxygens (including phenoxy) is 6. The van der Waals surface area contributed by atoms with Crippen molar-refractivity contribution in [2.45, 2.75) is 38.7 Å². The molecule has 1 amide bonds. The number of hydrogen-bond acceptors (Lipinski definition) is 10. The lowest BCUT2D eigenvalue weighted by Gasteiger charge is -2.19. The number of hydrogen-bond donors (Lipinski definition) is 1. The molecule has 0 aromatic carbocycles. The molecule has 0 radical (unpaired) electrons. The van der Waals surface area contributed by atoms with Gasteiger partial charge in [-0.25, -0.2) is 9.59 Å². The summed E-state index contributed by atoms with van der Waals surface area (Å²) >= 11 is 5.54. The van der Waals surface area contributed by atoms with Crippen LogP contribution in [0.5, 0.6) is 0 Å². The second-order valence-electron chi connectivity index (χ2n) is 6.73. The molecule has 0 aliphatic heterocycles. The predicted octanol–water partition coefficient (Wildman–Crippen LogP) is 1.21. The lowest BCUT2D eigenvalue weighted by molar-refractivity contribution is -0.153. The molecule has 11 nitrogen and oxygen atoms in total. The fourth-order valence-corrected chi connectivity index (χ4v) is 1.63. The van der Waals surface area contributed by atoms with Crippen molar-refractivity contribution in [1.29, 1.82) is 0 Å². The van der Waals surface area contributed by atoms with E-state index in [9.17, 15) is 14.4 Å². The summed E-state index contributed by atoms with van der Waals surface area (Å²) in [6.07, 6.45) is -0.798. The first-order chi connectivity index (χ1) is 14.1. The number of carbonyl (C=O) groups excluding carboxylic acids is 3. The summed E-state index contributed by atoms with van der Waals surface area (Å²) in [7, 11) is 0. The summed E-state index contributed by atoms with van der Waals surface area (Å²) in [5.74, 6) is -1.14. The van der Waals surface area contributed by atoms with E-state index in [4.69, 9.17) is 40.0 Å². The van der Waals surface area contributed by atoms with Crippen LogP contribution >= 0.6 is 11.6 Å². The van der Waals surface area contributed by atoms with Crippen molar-refractivity contribution < 1.29 is 47.6 Å². The molecule has 0 heterocycles. The van der Waals surface area contributed by atoms with Crippen LogP contribution in [0.1, 0.15) is 27.7 Å². The molecule has 0 aliphatic rings. The molecular formula is C18H32ClNO10. The van der Waals surface area contributed by atoms with E-state index in [0.717, 1.165) is 0 Å². The topological polar surface area (TPSA) is 128 Å². The summed E-state index contributed by atoms with van der Waals surface area (Å²) in [6, 6.07) is 0. The van der Waals surface area contributed by atoms with Crippen LogP contribution in [0.25, 0.3) is 0 Å². The zero-order chi connectivity index (χ0) is 22.8. The fraction of sp³-hybridized carbons (Fsp3) is 0.833. The van der Waals surface area contributed by atoms with Gasteiger partial charge in [-0.15, -0.1) is 11.6 Å². The molecule has 0 aliphatic carbocycles. The van der Waals surface area contributed by atoms with Crippen molar-refractivity contribution in [2.75, 3.05) is 59.5 Å². The number of esters is 2. The van der Waals surface area contributed by atoms with Crippen LogP contribution in [-0.2, 0) is 42.8 Å². The van der Waals surface area contributed by atoms with Gasteiger partial charge >= 0.3 is 18.0 Å². The van der Waals surface area contributed by atoms with Gasteiger partial charge in [0.1, 0.15) is 24.2 Å². The third-order valence-electron chi connectivity index (χ3n) is 2.78. The molecule has 12 heteroatoms. The van der Waals surface area contributed by atoms with E-state index in [1.54, 1.807) is 20.8 Å². The van der Waals surface area contributed by atoms with Crippen LogP contribution in [0, 0.1) is 0 Å². The van der Waals surface area contributed by atoms with Crippen molar-refractivity contribution in [3.8, 4) is 0 Å². The molecule has 0 bridgehead atoms. The average Bonchev–Trinajstić information content (AvgIpc) is 2.63. The van der Waals surface area contributed by atoms with E-state index in [-0.39, 0.29) is 26.4 Å². The molecule has 0 aromatic heterocycles. The predicted molar refractivity (Wildman–Crippen MR) is 105 cm³/mol. The first kappa shape index (κ1) is 28.3. The Morgan fingerprint density at radius 1 is 0.833 bits per heavy atom. The number of carbonyl (C=O) groups is 3. The van der Waals surface area contributed by atoms with E-state index < -0.39 is 35.6 Å². The van der Waals surface area contributed by atoms with Gasteiger partial charge in [0.15, 0.2) is 6.61 Å². The molecule has 0 aromatic rings. The maximum atomic E-state index is 11.4. The summed E-state index contributed by atoms with van der Waals surface area (Å²) in [5.41, 5.74) is 1.31. The van der Waals surface area contributed by atoms with Gasteiger partial charge in [-0.05, 0) is 27.7 Å². The molecule has 1 unspecified atom stereocenters. The summed E-state index contributed by atoms with van der Waals surface area (Å²) in [5, 5.41) is -0.675. The number of alkyl halides is 1. The normalized spacial score (nSPS) is 12.2. The molecule has 0 saturated carbocycles. The molecule has 0 saturated heterocycles. The average molecular weight is 458 g/mol. The van der Waals surface area contributed by atoms with Gasteiger partial charge in [-0.2, -0.15) is 5.48 Å². The highest BCUT2D eigenvalue weighted by Gasteiger charge is 2.16. The van der Waals surface area contributed by atoms with E-state index in [2.05, 4.69) is 4.84 Å². The minimum Gasteiger partial charge on any atom is -0.462 e. The van der Waals surface area contributed by atoms with Crippen LogP contribution in [0.4, 0.5) is 4.79 Å². The van der Waals surface area contributed by atoms with E-state index in [0.29, 0.717) is 26.4 Å². The number of amides is 1. The third-order valence-corrected chi connectivity index (χ3v) is 2.95. The van der Waals surface area contributed by atoms with Crippen LogP contribution in [0.2, 0.25) is 0 Å². The smallest absolute Gasteiger partial charge is 0.431 e. The fourth-order valence-electron chi connectivity index (χ4n) is 1.57. The van der Waals surface area contributed by atoms with Gasteiger partial charge in [-0.3, -0.25) is 9.63 Å². The Morgan fingerprint density at radius 2 is 1.30 bits per heavy atom. The first-order valence-corrected chi connectivity index (χ1v) is 9.86. The highest BCUT2D eigenvalue weighted by molar-refractivity contribution is 6.29. The first-order valence-electron chi connectivity index (χ1n) is 9.42. The van der Waals surface area contributed by atoms with Gasteiger partial charge in [-0.1, -0.05) is 0 Å². The molecule has 30 heavy (non-hydrogen) atoms. The Hall–Kier alpha value is -1.66. The van der Waals surface area contributed by atoms with Crippen LogP contribution < -0.4 is 5.48 Å². The monoisotopic (exact) mass is 457 g/mol. The SMILES string of the molecule is CC(Cl)C(=O)OCCOCCOCCOCCOC(=O)CONC(=O)OC(C)(C)C. The van der Waals surface area contributed by atoms with Crippen molar-refractivity contribution in [2.24, 2.45) is 0 Å². The molecule has 0 fully saturated rings. The van der Waals surface area contributed by atoms with Crippen molar-refractivity contribution in [1.82, 2.24) is 5.48 Å². The van der Waals surface area contributed by atoms with Crippen LogP contribution in [0.15, 0.2) is 0 Å². The highest BCUT2D eigenvalue weighted by Crippen LogP contribution is 2.06. The Balaban J connectivity index is 3.35. The third kappa shape index (κ3) is 19.6. The Bertz CT molecular complexity index is 496. The number of nitrogens with one attached hydrogen (secondary N) is 1. The summed E-state index contributed by atoms with van der Waals surface area (Å²) in [6.45, 7) is 8.19. The number of halogens is 1. The molecule has 176 valence electrons. The lowest BCUT2D eigenvalue weighted by Crippen LogP contribution is -2.34. The summed E-state index contributed by atoms with van der Waals surface area (Å²) < 4.78 is 30.3. The van der Waals surface area contributed by atoms with Crippen LogP contribution in [-0.4, -0.2) is 88.5 Å². The quantitative estimate of drug-likeness (QED) is 0.119. The van der Waals surface area contributed by atoms with Crippen molar-refractivity contribution >= 4 is 29.6 Å². The molecular weight excluding hydrogens is 426 g/mol. The van der Waals surface area contributed by atoms with Crippen LogP contribution in [0.3, 0.4) is 0 Å². The van der Waals surface area contributed by atoms with Crippen molar-refractivity contribution in [3.05, 3.63) is 0 Å². The number of rotatable bonds is 16. The van der Waals surface area contributed by atoms with Gasteiger partial charge < -0.3 is 28.4 Å². The van der Waals surface area contributed by atoms with E-state index >= 15 is 0 Å². The molecule has 0 rings (SSSR count). The Labute approximate surface area is 181 Å². The van der Waals surface area contributed by atoms with Gasteiger partial charge in [0.05, 0.1) is 39.6 Å². The second-order valence-corrected chi connectivity index (χ2v) is 7.39. The largest absolute Gasteiger partial charge is 0.462 e. The van der Waals surface area contributed by atoms with E-state index in [1.165, 1.54) is 6.92 Å². The highest BCUT2D eigenvalue weighted by atomic mass is 35.5. The minimum atomic E-state index is -0.798. The molecule has 0 spiro atoms. The summed E-state index contributed by atoms with van der Waals surface area (Å²) in [4.78, 5) is 38.4. The molecule has 1 N–H and O–H groups in total. The van der Waals surface area contributed by atoms with Gasteiger partial charge in [0.2, 0.25) is 0 Å². The Morgan fingerprint density at radius 3 is 1.77 bits per heavy atom. The Kier molecular flexibility index (Phi) is 16.1. The van der Waals surface area contributed by atoms with E-state index in [1.807, 2.05) is 5.48 Å². The standard InChI is InChI=1S/C18H32ClNO10/c1-14(19)16(22)28-12-10-26-8-6-24-5-7-25-9-11-27-15(21)13-29-20-17(23)30-18(2,3)4/h14H,5-13H2,1-4H3,(H,20,23). The zero-order valence-electron chi connectivity index (χ0n) is 17.9. The van der Waals surface area contributed by atoms with Gasteiger partial charge in [0.25, 0.3) is 0 Å². The zero-order valence-corrected chi connectivity index (χ0v) is 18.7. The van der Waals surface area contributed by atoms with Crippen molar-refractivity contribution in [3.63, 3.8) is 0 Å². The molecule has 1 atom stereocenters. The lowest BCUT2D eigenvalue weighted by atomic mass is 10.2. The van der Waals surface area contributed by atoms with Gasteiger partial charge in [0, 0.05) is 0 Å².